The molecule has 0 aliphatic rings. The van der Waals surface area contributed by atoms with Crippen molar-refractivity contribution >= 4 is 53.8 Å². The van der Waals surface area contributed by atoms with E-state index in [1.165, 1.54) is 0 Å². The summed E-state index contributed by atoms with van der Waals surface area (Å²) < 4.78 is 0. The van der Waals surface area contributed by atoms with E-state index in [1.54, 1.807) is 0 Å². The third-order valence-corrected chi connectivity index (χ3v) is 8.91. The predicted molar refractivity (Wildman–Crippen MR) is 182 cm³/mol. The van der Waals surface area contributed by atoms with Crippen molar-refractivity contribution in [2.45, 2.75) is 78.6 Å². The fraction of sp³-hybridized carbons (Fsp3) is 0.353. The summed E-state index contributed by atoms with van der Waals surface area (Å²) in [6.45, 7) is 27.5. The summed E-state index contributed by atoms with van der Waals surface area (Å²) in [5.74, 6) is 14.2. The maximum absolute atomic E-state index is 3.65. The molecular weight excluding hydrogens is 521 g/mol. The lowest BCUT2D eigenvalue weighted by Crippen LogP contribution is -2.16. The molecule has 0 aliphatic carbocycles. The molecule has 0 saturated heterocycles. The quantitative estimate of drug-likeness (QED) is 0.146. The van der Waals surface area contributed by atoms with E-state index < -0.39 is 32.3 Å². The highest BCUT2D eigenvalue weighted by molar-refractivity contribution is 6.85. The zero-order valence-electron chi connectivity index (χ0n) is 25.5. The van der Waals surface area contributed by atoms with Crippen LogP contribution in [0.3, 0.4) is 0 Å². The highest BCUT2D eigenvalue weighted by Gasteiger charge is 2.16. The summed E-state index contributed by atoms with van der Waals surface area (Å²) in [6, 6.07) is 13.2. The van der Waals surface area contributed by atoms with Crippen LogP contribution in [-0.4, -0.2) is 32.3 Å². The van der Waals surface area contributed by atoms with Gasteiger partial charge in [0.15, 0.2) is 0 Å². The standard InChI is InChI=1S/C34H42Si4/c1-35(2,3)21-17-27-13-15-29-32(20-24-38(10,11)12)34-26-28(18-22-36(4,5)6)14-16-30(34)31(33(29)25-27)19-23-37(7,8)9/h13-16,25-26H,1-12H3. The van der Waals surface area contributed by atoms with Crippen LogP contribution in [-0.2, 0) is 0 Å². The van der Waals surface area contributed by atoms with Gasteiger partial charge >= 0.3 is 0 Å². The van der Waals surface area contributed by atoms with E-state index in [2.05, 4.69) is 161 Å². The van der Waals surface area contributed by atoms with Crippen molar-refractivity contribution in [3.05, 3.63) is 58.7 Å². The van der Waals surface area contributed by atoms with Gasteiger partial charge in [-0.1, -0.05) is 114 Å². The second kappa shape index (κ2) is 10.8. The first kappa shape index (κ1) is 29.8. The fourth-order valence-corrected chi connectivity index (χ4v) is 5.71. The Kier molecular flexibility index (Phi) is 8.49. The summed E-state index contributed by atoms with van der Waals surface area (Å²) >= 11 is 0. The van der Waals surface area contributed by atoms with Crippen LogP contribution >= 0.6 is 0 Å². The largest absolute Gasteiger partial charge is 0.129 e. The Bertz CT molecular complexity index is 1520. The van der Waals surface area contributed by atoms with Gasteiger partial charge in [0.25, 0.3) is 0 Å². The van der Waals surface area contributed by atoms with Crippen LogP contribution in [0.25, 0.3) is 21.5 Å². The van der Waals surface area contributed by atoms with Crippen LogP contribution in [0.2, 0.25) is 78.6 Å². The lowest BCUT2D eigenvalue weighted by molar-refractivity contribution is 1.65. The second-order valence-electron chi connectivity index (χ2n) is 14.3. The minimum absolute atomic E-state index is 1.05. The van der Waals surface area contributed by atoms with E-state index in [0.29, 0.717) is 0 Å². The molecule has 0 aromatic heterocycles. The van der Waals surface area contributed by atoms with Crippen LogP contribution in [0, 0.1) is 45.9 Å². The van der Waals surface area contributed by atoms with Gasteiger partial charge in [-0.2, -0.15) is 0 Å². The lowest BCUT2D eigenvalue weighted by atomic mass is 9.90. The van der Waals surface area contributed by atoms with E-state index in [9.17, 15) is 0 Å². The molecule has 0 spiro atoms. The summed E-state index contributed by atoms with van der Waals surface area (Å²) in [7, 11) is -6.16. The zero-order chi connectivity index (χ0) is 28.5. The minimum atomic E-state index is -1.59. The predicted octanol–water partition coefficient (Wildman–Crippen LogP) is 8.91. The summed E-state index contributed by atoms with van der Waals surface area (Å²) in [5, 5.41) is 4.65. The zero-order valence-corrected chi connectivity index (χ0v) is 29.5. The van der Waals surface area contributed by atoms with Crippen molar-refractivity contribution in [3.8, 4) is 45.9 Å². The molecule has 3 rings (SSSR count). The number of hydrogen-bond acceptors (Lipinski definition) is 0. The molecule has 0 heterocycles. The first-order chi connectivity index (χ1) is 17.3. The molecule has 0 radical (unpaired) electrons. The third-order valence-electron chi connectivity index (χ3n) is 5.41. The SMILES string of the molecule is C[Si](C)(C)C#Cc1ccc2c(C#C[Si](C)(C)C)c3cc(C#C[Si](C)(C)C)ccc3c(C#C[Si](C)(C)C)c2c1. The first-order valence-corrected chi connectivity index (χ1v) is 27.5. The van der Waals surface area contributed by atoms with Gasteiger partial charge in [-0.3, -0.25) is 0 Å². The minimum Gasteiger partial charge on any atom is -0.127 e. The Hall–Kier alpha value is -2.71. The second-order valence-corrected chi connectivity index (χ2v) is 33.3. The van der Waals surface area contributed by atoms with Crippen molar-refractivity contribution in [1.29, 1.82) is 0 Å². The van der Waals surface area contributed by atoms with Crippen LogP contribution < -0.4 is 0 Å². The Morgan fingerprint density at radius 2 is 0.658 bits per heavy atom. The topological polar surface area (TPSA) is 0 Å². The van der Waals surface area contributed by atoms with Crippen molar-refractivity contribution in [2.75, 3.05) is 0 Å². The van der Waals surface area contributed by atoms with Crippen LogP contribution in [0.15, 0.2) is 36.4 Å². The molecule has 0 unspecified atom stereocenters. The van der Waals surface area contributed by atoms with E-state index in [4.69, 9.17) is 0 Å². The molecular formula is C34H42Si4. The average molecular weight is 563 g/mol. The van der Waals surface area contributed by atoms with Gasteiger partial charge in [0.05, 0.1) is 0 Å². The molecule has 0 saturated carbocycles. The maximum Gasteiger partial charge on any atom is 0.129 e. The van der Waals surface area contributed by atoms with Crippen LogP contribution in [0.1, 0.15) is 22.3 Å². The lowest BCUT2D eigenvalue weighted by Gasteiger charge is -2.14. The number of fused-ring (bicyclic) bond motifs is 2. The molecule has 3 aromatic carbocycles. The van der Waals surface area contributed by atoms with E-state index in [-0.39, 0.29) is 0 Å². The highest BCUT2D eigenvalue weighted by Crippen LogP contribution is 2.34. The number of benzene rings is 3. The van der Waals surface area contributed by atoms with Gasteiger partial charge in [-0.05, 0) is 35.0 Å². The van der Waals surface area contributed by atoms with Gasteiger partial charge < -0.3 is 0 Å². The first-order valence-electron chi connectivity index (χ1n) is 13.5. The van der Waals surface area contributed by atoms with Crippen LogP contribution in [0.4, 0.5) is 0 Å². The fourth-order valence-electron chi connectivity index (χ4n) is 3.67. The molecule has 0 nitrogen and oxygen atoms in total. The van der Waals surface area contributed by atoms with E-state index in [0.717, 1.165) is 43.8 Å². The highest BCUT2D eigenvalue weighted by atomic mass is 28.3. The molecule has 194 valence electrons. The molecule has 0 aliphatic heterocycles. The van der Waals surface area contributed by atoms with Crippen molar-refractivity contribution in [2.24, 2.45) is 0 Å². The molecule has 0 fully saturated rings. The molecule has 38 heavy (non-hydrogen) atoms. The van der Waals surface area contributed by atoms with Gasteiger partial charge in [0, 0.05) is 33.0 Å². The summed E-state index contributed by atoms with van der Waals surface area (Å²) in [4.78, 5) is 0. The third kappa shape index (κ3) is 8.66. The molecule has 0 amide bonds. The molecule has 0 N–H and O–H groups in total. The van der Waals surface area contributed by atoms with Crippen molar-refractivity contribution in [3.63, 3.8) is 0 Å². The number of rotatable bonds is 0. The smallest absolute Gasteiger partial charge is 0.127 e. The maximum atomic E-state index is 3.65. The Labute approximate surface area is 236 Å². The van der Waals surface area contributed by atoms with E-state index in [1.807, 2.05) is 0 Å². The molecule has 4 heteroatoms. The van der Waals surface area contributed by atoms with Gasteiger partial charge in [0.1, 0.15) is 32.3 Å². The van der Waals surface area contributed by atoms with Crippen LogP contribution in [0.5, 0.6) is 0 Å². The van der Waals surface area contributed by atoms with Crippen molar-refractivity contribution < 1.29 is 0 Å². The monoisotopic (exact) mass is 562 g/mol. The van der Waals surface area contributed by atoms with Gasteiger partial charge in [-0.25, -0.2) is 0 Å². The normalized spacial score (nSPS) is 11.9. The molecule has 3 aromatic rings. The van der Waals surface area contributed by atoms with Crippen molar-refractivity contribution in [1.82, 2.24) is 0 Å². The Morgan fingerprint density at radius 3 is 0.947 bits per heavy atom. The summed E-state index contributed by atoms with van der Waals surface area (Å²) in [6.07, 6.45) is 0. The average Bonchev–Trinajstić information content (AvgIpc) is 2.76. The van der Waals surface area contributed by atoms with Gasteiger partial charge in [0.2, 0.25) is 0 Å². The summed E-state index contributed by atoms with van der Waals surface area (Å²) in [5.41, 5.74) is 18.6. The molecule has 0 bridgehead atoms. The Balaban J connectivity index is 2.53. The van der Waals surface area contributed by atoms with E-state index >= 15 is 0 Å². The Morgan fingerprint density at radius 1 is 0.368 bits per heavy atom. The molecule has 0 atom stereocenters. The van der Waals surface area contributed by atoms with Gasteiger partial charge in [-0.15, -0.1) is 22.2 Å². The number of hydrogen-bond donors (Lipinski definition) is 0.